The maximum atomic E-state index is 5.56. The van der Waals surface area contributed by atoms with Crippen LogP contribution in [0.2, 0.25) is 0 Å². The number of rotatable bonds is 4. The van der Waals surface area contributed by atoms with Gasteiger partial charge in [0.25, 0.3) is 0 Å². The summed E-state index contributed by atoms with van der Waals surface area (Å²) in [7, 11) is 3.38. The first-order valence-corrected chi connectivity index (χ1v) is 10.0. The molecule has 0 aliphatic carbocycles. The van der Waals surface area contributed by atoms with Gasteiger partial charge < -0.3 is 9.47 Å². The van der Waals surface area contributed by atoms with Crippen molar-refractivity contribution < 1.29 is 9.47 Å². The highest BCUT2D eigenvalue weighted by atomic mass is 16.5. The van der Waals surface area contributed by atoms with Crippen LogP contribution in [0.15, 0.2) is 97.1 Å². The fourth-order valence-corrected chi connectivity index (χ4v) is 4.31. The molecule has 0 aliphatic heterocycles. The third-order valence-corrected chi connectivity index (χ3v) is 5.63. The molecule has 2 heteroatoms. The van der Waals surface area contributed by atoms with E-state index in [4.69, 9.17) is 9.47 Å². The van der Waals surface area contributed by atoms with E-state index >= 15 is 0 Å². The summed E-state index contributed by atoms with van der Waals surface area (Å²) in [5, 5.41) is 4.90. The van der Waals surface area contributed by atoms with Gasteiger partial charge >= 0.3 is 0 Å². The molecule has 0 unspecified atom stereocenters. The number of ether oxygens (including phenoxy) is 2. The van der Waals surface area contributed by atoms with Crippen LogP contribution in [-0.4, -0.2) is 14.2 Å². The molecule has 0 spiro atoms. The Morgan fingerprint density at radius 3 is 1.27 bits per heavy atom. The van der Waals surface area contributed by atoms with Crippen molar-refractivity contribution in [3.05, 3.63) is 97.1 Å². The van der Waals surface area contributed by atoms with Crippen LogP contribution in [0.4, 0.5) is 0 Å². The Morgan fingerprint density at radius 2 is 0.833 bits per heavy atom. The topological polar surface area (TPSA) is 18.5 Å². The highest BCUT2D eigenvalue weighted by molar-refractivity contribution is 6.21. The zero-order chi connectivity index (χ0) is 20.5. The lowest BCUT2D eigenvalue weighted by molar-refractivity contribution is 0.394. The maximum Gasteiger partial charge on any atom is 0.123 e. The normalized spacial score (nSPS) is 11.0. The van der Waals surface area contributed by atoms with Crippen molar-refractivity contribution in [2.24, 2.45) is 0 Å². The van der Waals surface area contributed by atoms with Crippen LogP contribution < -0.4 is 9.47 Å². The molecule has 5 aromatic rings. The third kappa shape index (κ3) is 2.98. The molecular formula is C28H22O2. The first-order valence-electron chi connectivity index (χ1n) is 10.0. The van der Waals surface area contributed by atoms with Crippen molar-refractivity contribution >= 4 is 21.5 Å². The monoisotopic (exact) mass is 390 g/mol. The minimum Gasteiger partial charge on any atom is -0.497 e. The van der Waals surface area contributed by atoms with E-state index in [-0.39, 0.29) is 0 Å². The summed E-state index contributed by atoms with van der Waals surface area (Å²) in [6.45, 7) is 0. The Kier molecular flexibility index (Phi) is 4.61. The maximum absolute atomic E-state index is 5.56. The van der Waals surface area contributed by atoms with Crippen molar-refractivity contribution in [1.29, 1.82) is 0 Å². The van der Waals surface area contributed by atoms with Crippen LogP contribution in [0, 0.1) is 0 Å². The second-order valence-corrected chi connectivity index (χ2v) is 7.31. The first-order chi connectivity index (χ1) is 14.8. The predicted molar refractivity (Wildman–Crippen MR) is 125 cm³/mol. The number of benzene rings is 5. The SMILES string of the molecule is COc1cc(OC)cc(-c2c3ccccc3c(-c3ccccc3)c3ccccc23)c1. The van der Waals surface area contributed by atoms with Crippen molar-refractivity contribution in [3.8, 4) is 33.8 Å². The van der Waals surface area contributed by atoms with Gasteiger partial charge in [-0.3, -0.25) is 0 Å². The van der Waals surface area contributed by atoms with Crippen LogP contribution in [0.5, 0.6) is 11.5 Å². The van der Waals surface area contributed by atoms with Gasteiger partial charge in [-0.15, -0.1) is 0 Å². The Bertz CT molecular complexity index is 1270. The second kappa shape index (κ2) is 7.57. The lowest BCUT2D eigenvalue weighted by Gasteiger charge is -2.18. The Morgan fingerprint density at radius 1 is 0.433 bits per heavy atom. The van der Waals surface area contributed by atoms with Crippen molar-refractivity contribution in [2.45, 2.75) is 0 Å². The summed E-state index contributed by atoms with van der Waals surface area (Å²) in [6.07, 6.45) is 0. The summed E-state index contributed by atoms with van der Waals surface area (Å²) in [5.74, 6) is 1.56. The van der Waals surface area contributed by atoms with Crippen LogP contribution in [0.3, 0.4) is 0 Å². The molecule has 0 heterocycles. The molecule has 146 valence electrons. The highest BCUT2D eigenvalue weighted by Crippen LogP contribution is 2.44. The zero-order valence-electron chi connectivity index (χ0n) is 17.1. The van der Waals surface area contributed by atoms with Gasteiger partial charge in [0, 0.05) is 6.07 Å². The summed E-state index contributed by atoms with van der Waals surface area (Å²) in [5.41, 5.74) is 4.76. The molecule has 0 fully saturated rings. The van der Waals surface area contributed by atoms with Crippen molar-refractivity contribution in [2.75, 3.05) is 14.2 Å². The second-order valence-electron chi connectivity index (χ2n) is 7.31. The van der Waals surface area contributed by atoms with Crippen LogP contribution in [-0.2, 0) is 0 Å². The van der Waals surface area contributed by atoms with Gasteiger partial charge in [0.05, 0.1) is 14.2 Å². The summed E-state index contributed by atoms with van der Waals surface area (Å²) >= 11 is 0. The first kappa shape index (κ1) is 18.3. The summed E-state index contributed by atoms with van der Waals surface area (Å²) in [6, 6.07) is 34.0. The van der Waals surface area contributed by atoms with E-state index in [1.54, 1.807) is 14.2 Å². The minimum atomic E-state index is 0.782. The largest absolute Gasteiger partial charge is 0.497 e. The van der Waals surface area contributed by atoms with Gasteiger partial charge in [-0.1, -0.05) is 78.9 Å². The highest BCUT2D eigenvalue weighted by Gasteiger charge is 2.17. The van der Waals surface area contributed by atoms with Crippen LogP contribution >= 0.6 is 0 Å². The lowest BCUT2D eigenvalue weighted by atomic mass is 9.86. The standard InChI is InChI=1S/C28H22O2/c1-29-21-16-20(17-22(18-21)30-2)28-25-14-8-6-12-23(25)27(19-10-4-3-5-11-19)24-13-7-9-15-26(24)28/h3-18H,1-2H3. The molecule has 0 saturated carbocycles. The van der Waals surface area contributed by atoms with Crippen molar-refractivity contribution in [1.82, 2.24) is 0 Å². The average molecular weight is 390 g/mol. The average Bonchev–Trinajstić information content (AvgIpc) is 2.82. The van der Waals surface area contributed by atoms with Gasteiger partial charge in [-0.2, -0.15) is 0 Å². The molecule has 5 rings (SSSR count). The molecule has 0 saturated heterocycles. The van der Waals surface area contributed by atoms with Gasteiger partial charge in [0.1, 0.15) is 11.5 Å². The quantitative estimate of drug-likeness (QED) is 0.299. The molecule has 0 amide bonds. The number of hydrogen-bond donors (Lipinski definition) is 0. The predicted octanol–water partition coefficient (Wildman–Crippen LogP) is 7.34. The summed E-state index contributed by atoms with van der Waals surface area (Å²) < 4.78 is 11.1. The number of fused-ring (bicyclic) bond motifs is 2. The lowest BCUT2D eigenvalue weighted by Crippen LogP contribution is -1.93. The minimum absolute atomic E-state index is 0.782. The van der Waals surface area contributed by atoms with E-state index in [0.717, 1.165) is 17.1 Å². The van der Waals surface area contributed by atoms with E-state index in [9.17, 15) is 0 Å². The summed E-state index contributed by atoms with van der Waals surface area (Å²) in [4.78, 5) is 0. The molecular weight excluding hydrogens is 368 g/mol. The number of methoxy groups -OCH3 is 2. The Labute approximate surface area is 176 Å². The van der Waals surface area contributed by atoms with Gasteiger partial charge in [-0.25, -0.2) is 0 Å². The van der Waals surface area contributed by atoms with E-state index in [1.807, 2.05) is 6.07 Å². The molecule has 30 heavy (non-hydrogen) atoms. The molecule has 5 aromatic carbocycles. The molecule has 2 nitrogen and oxygen atoms in total. The van der Waals surface area contributed by atoms with Crippen LogP contribution in [0.1, 0.15) is 0 Å². The Hall–Kier alpha value is -3.78. The van der Waals surface area contributed by atoms with E-state index < -0.39 is 0 Å². The fraction of sp³-hybridized carbons (Fsp3) is 0.0714. The fourth-order valence-electron chi connectivity index (χ4n) is 4.31. The van der Waals surface area contributed by atoms with E-state index in [0.29, 0.717) is 0 Å². The Balaban J connectivity index is 1.96. The number of hydrogen-bond acceptors (Lipinski definition) is 2. The van der Waals surface area contributed by atoms with Gasteiger partial charge in [-0.05, 0) is 55.9 Å². The molecule has 0 N–H and O–H groups in total. The van der Waals surface area contributed by atoms with Crippen LogP contribution in [0.25, 0.3) is 43.8 Å². The molecule has 0 atom stereocenters. The third-order valence-electron chi connectivity index (χ3n) is 5.63. The molecule has 0 aliphatic rings. The van der Waals surface area contributed by atoms with E-state index in [2.05, 4.69) is 91.0 Å². The molecule has 0 radical (unpaired) electrons. The van der Waals surface area contributed by atoms with Gasteiger partial charge in [0.15, 0.2) is 0 Å². The van der Waals surface area contributed by atoms with Gasteiger partial charge in [0.2, 0.25) is 0 Å². The van der Waals surface area contributed by atoms with E-state index in [1.165, 1.54) is 38.2 Å². The van der Waals surface area contributed by atoms with Crippen molar-refractivity contribution in [3.63, 3.8) is 0 Å². The molecule has 0 aromatic heterocycles. The molecule has 0 bridgehead atoms. The zero-order valence-corrected chi connectivity index (χ0v) is 17.1. The smallest absolute Gasteiger partial charge is 0.123 e.